The molecule has 0 spiro atoms. The Bertz CT molecular complexity index is 1090. The molecule has 0 bridgehead atoms. The lowest BCUT2D eigenvalue weighted by Crippen LogP contribution is -2.34. The highest BCUT2D eigenvalue weighted by atomic mass is 35.5. The lowest BCUT2D eigenvalue weighted by molar-refractivity contribution is -0.0461. The van der Waals surface area contributed by atoms with E-state index in [0.29, 0.717) is 29.2 Å². The molecule has 2 aromatic rings. The van der Waals surface area contributed by atoms with Crippen molar-refractivity contribution in [2.45, 2.75) is 51.2 Å². The molecule has 2 atom stereocenters. The molecule has 160 valence electrons. The Labute approximate surface area is 179 Å². The number of allylic oxidation sites excluding steroid dienone is 4. The quantitative estimate of drug-likeness (QED) is 0.581. The van der Waals surface area contributed by atoms with E-state index in [1.807, 2.05) is 25.1 Å². The number of halogens is 1. The summed E-state index contributed by atoms with van der Waals surface area (Å²) in [4.78, 5) is 16.8. The van der Waals surface area contributed by atoms with Gasteiger partial charge in [0.1, 0.15) is 18.8 Å². The molecule has 2 aliphatic rings. The van der Waals surface area contributed by atoms with Gasteiger partial charge in [-0.3, -0.25) is 4.79 Å². The summed E-state index contributed by atoms with van der Waals surface area (Å²) in [5.41, 5.74) is 4.58. The summed E-state index contributed by atoms with van der Waals surface area (Å²) in [6.07, 6.45) is 0.523. The molecule has 1 aromatic heterocycles. The number of carbonyl (C=O) groups excluding carboxylic acids is 1. The molecule has 0 saturated heterocycles. The van der Waals surface area contributed by atoms with Gasteiger partial charge in [-0.05, 0) is 42.7 Å². The number of fused-ring (bicyclic) bond motifs is 3. The van der Waals surface area contributed by atoms with E-state index in [0.717, 1.165) is 33.3 Å². The maximum atomic E-state index is 13.4. The molecule has 1 aromatic carbocycles. The average molecular weight is 432 g/mol. The Hall–Kier alpha value is -2.12. The van der Waals surface area contributed by atoms with E-state index >= 15 is 0 Å². The van der Waals surface area contributed by atoms with Gasteiger partial charge in [0.15, 0.2) is 5.78 Å². The highest BCUT2D eigenvalue weighted by Gasteiger charge is 2.42. The predicted octanol–water partition coefficient (Wildman–Crippen LogP) is 3.31. The van der Waals surface area contributed by atoms with Gasteiger partial charge >= 0.3 is 0 Å². The van der Waals surface area contributed by atoms with Crippen molar-refractivity contribution < 1.29 is 24.9 Å². The van der Waals surface area contributed by atoms with Gasteiger partial charge in [-0.15, -0.1) is 0 Å². The molecule has 0 unspecified atom stereocenters. The molecule has 30 heavy (non-hydrogen) atoms. The van der Waals surface area contributed by atoms with Gasteiger partial charge in [0, 0.05) is 39.0 Å². The van der Waals surface area contributed by atoms with Crippen molar-refractivity contribution in [3.8, 4) is 0 Å². The van der Waals surface area contributed by atoms with Crippen LogP contribution in [-0.4, -0.2) is 51.5 Å². The van der Waals surface area contributed by atoms with Gasteiger partial charge in [-0.25, -0.2) is 0 Å². The second kappa shape index (κ2) is 7.54. The number of ether oxygens (including phenoxy) is 1. The van der Waals surface area contributed by atoms with Crippen LogP contribution < -0.4 is 0 Å². The first-order valence-corrected chi connectivity index (χ1v) is 10.4. The number of aromatic amines is 1. The van der Waals surface area contributed by atoms with Crippen molar-refractivity contribution in [1.82, 2.24) is 4.98 Å². The van der Waals surface area contributed by atoms with Crippen molar-refractivity contribution in [1.29, 1.82) is 0 Å². The summed E-state index contributed by atoms with van der Waals surface area (Å²) >= 11 is 6.30. The van der Waals surface area contributed by atoms with Gasteiger partial charge in [0.05, 0.1) is 17.9 Å². The third-order valence-corrected chi connectivity index (χ3v) is 6.61. The molecule has 2 aliphatic carbocycles. The highest BCUT2D eigenvalue weighted by Crippen LogP contribution is 2.47. The zero-order chi connectivity index (χ0) is 21.8. The van der Waals surface area contributed by atoms with Crippen LogP contribution in [0.3, 0.4) is 0 Å². The van der Waals surface area contributed by atoms with E-state index in [2.05, 4.69) is 18.8 Å². The number of H-pyrrole nitrogens is 1. The number of ketones is 1. The topological polar surface area (TPSA) is 103 Å². The van der Waals surface area contributed by atoms with Gasteiger partial charge in [0.25, 0.3) is 0 Å². The molecule has 0 amide bonds. The highest BCUT2D eigenvalue weighted by molar-refractivity contribution is 6.32. The molecular formula is C23H26ClNO5. The van der Waals surface area contributed by atoms with Gasteiger partial charge in [0.2, 0.25) is 0 Å². The molecular weight excluding hydrogens is 406 g/mol. The van der Waals surface area contributed by atoms with Crippen molar-refractivity contribution in [3.63, 3.8) is 0 Å². The fraction of sp³-hybridized carbons (Fsp3) is 0.435. The third-order valence-electron chi connectivity index (χ3n) is 6.20. The molecule has 0 fully saturated rings. The van der Waals surface area contributed by atoms with Crippen LogP contribution in [0, 0.1) is 6.92 Å². The Balaban J connectivity index is 1.72. The molecule has 7 heteroatoms. The van der Waals surface area contributed by atoms with Crippen molar-refractivity contribution in [2.24, 2.45) is 0 Å². The lowest BCUT2D eigenvalue weighted by atomic mass is 9.68. The standard InChI is InChI=1S/C23H26ClNO5/c1-11-6-14-17(8-16(11)24)25-22-20(14)21(29)13-5-4-12(7-15(13)23(22,2)3)30-10-19(28)18(27)9-26/h6-8,18-19,25-28H,4-5,9-10H2,1-3H3/t18-,19-/m1/s1. The zero-order valence-electron chi connectivity index (χ0n) is 17.3. The monoisotopic (exact) mass is 431 g/mol. The molecule has 4 N–H and O–H groups in total. The van der Waals surface area contributed by atoms with Crippen LogP contribution >= 0.6 is 11.6 Å². The Morgan fingerprint density at radius 2 is 1.97 bits per heavy atom. The number of benzene rings is 1. The average Bonchev–Trinajstić information content (AvgIpc) is 3.09. The second-order valence-corrected chi connectivity index (χ2v) is 9.01. The van der Waals surface area contributed by atoms with E-state index < -0.39 is 24.2 Å². The maximum Gasteiger partial charge on any atom is 0.191 e. The van der Waals surface area contributed by atoms with Crippen LogP contribution in [0.4, 0.5) is 0 Å². The number of aryl methyl sites for hydroxylation is 1. The van der Waals surface area contributed by atoms with Crippen molar-refractivity contribution >= 4 is 28.3 Å². The number of aliphatic hydroxyl groups excluding tert-OH is 3. The molecule has 0 radical (unpaired) electrons. The lowest BCUT2D eigenvalue weighted by Gasteiger charge is -2.36. The maximum absolute atomic E-state index is 13.4. The van der Waals surface area contributed by atoms with Crippen LogP contribution in [0.1, 0.15) is 48.3 Å². The number of nitrogens with one attached hydrogen (secondary N) is 1. The van der Waals surface area contributed by atoms with E-state index in [1.54, 1.807) is 0 Å². The number of aromatic nitrogens is 1. The van der Waals surface area contributed by atoms with E-state index in [-0.39, 0.29) is 12.4 Å². The van der Waals surface area contributed by atoms with Gasteiger partial charge in [-0.2, -0.15) is 0 Å². The van der Waals surface area contributed by atoms with Gasteiger partial charge in [-0.1, -0.05) is 25.4 Å². The summed E-state index contributed by atoms with van der Waals surface area (Å²) in [5.74, 6) is 0.676. The molecule has 4 rings (SSSR count). The first-order chi connectivity index (χ1) is 14.1. The van der Waals surface area contributed by atoms with E-state index in [4.69, 9.17) is 21.4 Å². The number of hydrogen-bond donors (Lipinski definition) is 4. The number of Topliss-reactive ketones (excluding diaryl/α,β-unsaturated/α-hetero) is 1. The largest absolute Gasteiger partial charge is 0.495 e. The van der Waals surface area contributed by atoms with Crippen LogP contribution in [0.2, 0.25) is 5.02 Å². The zero-order valence-corrected chi connectivity index (χ0v) is 18.0. The van der Waals surface area contributed by atoms with Crippen LogP contribution in [0.25, 0.3) is 10.9 Å². The minimum absolute atomic E-state index is 0.0262. The van der Waals surface area contributed by atoms with Crippen molar-refractivity contribution in [2.75, 3.05) is 13.2 Å². The van der Waals surface area contributed by atoms with Crippen molar-refractivity contribution in [3.05, 3.63) is 57.0 Å². The van der Waals surface area contributed by atoms with E-state index in [1.165, 1.54) is 0 Å². The molecule has 0 aliphatic heterocycles. The van der Waals surface area contributed by atoms with Crippen LogP contribution in [-0.2, 0) is 10.2 Å². The number of carbonyl (C=O) groups is 1. The molecule has 0 saturated carbocycles. The minimum Gasteiger partial charge on any atom is -0.495 e. The normalized spacial score (nSPS) is 20.0. The second-order valence-electron chi connectivity index (χ2n) is 8.61. The van der Waals surface area contributed by atoms with Crippen LogP contribution in [0.15, 0.2) is 35.1 Å². The summed E-state index contributed by atoms with van der Waals surface area (Å²) in [7, 11) is 0. The summed E-state index contributed by atoms with van der Waals surface area (Å²) < 4.78 is 5.69. The van der Waals surface area contributed by atoms with E-state index in [9.17, 15) is 15.0 Å². The first-order valence-electron chi connectivity index (χ1n) is 10.1. The summed E-state index contributed by atoms with van der Waals surface area (Å²) in [5, 5.41) is 29.8. The Kier molecular flexibility index (Phi) is 5.31. The van der Waals surface area contributed by atoms with Crippen LogP contribution in [0.5, 0.6) is 0 Å². The smallest absolute Gasteiger partial charge is 0.191 e. The molecule has 6 nitrogen and oxygen atoms in total. The Morgan fingerprint density at radius 1 is 1.23 bits per heavy atom. The fourth-order valence-electron chi connectivity index (χ4n) is 4.35. The number of hydrogen-bond acceptors (Lipinski definition) is 5. The van der Waals surface area contributed by atoms with Gasteiger partial charge < -0.3 is 25.0 Å². The first kappa shape index (κ1) is 21.1. The molecule has 1 heterocycles. The minimum atomic E-state index is -1.25. The third kappa shape index (κ3) is 3.28. The summed E-state index contributed by atoms with van der Waals surface area (Å²) in [6.45, 7) is 5.41. The number of aliphatic hydroxyl groups is 3. The number of rotatable bonds is 5. The fourth-order valence-corrected chi connectivity index (χ4v) is 4.51. The SMILES string of the molecule is Cc1cc2c3c([nH]c2cc1Cl)C(C)(C)C1=C(CCC(OC[C@@H](O)[C@H](O)CO)=C1)C3=O. The summed E-state index contributed by atoms with van der Waals surface area (Å²) in [6, 6.07) is 3.83. The Morgan fingerprint density at radius 3 is 2.67 bits per heavy atom. The predicted molar refractivity (Wildman–Crippen MR) is 115 cm³/mol.